The van der Waals surface area contributed by atoms with Gasteiger partial charge in [0.25, 0.3) is 0 Å². The van der Waals surface area contributed by atoms with E-state index in [1.54, 1.807) is 12.1 Å². The van der Waals surface area contributed by atoms with E-state index in [1.165, 1.54) is 24.1 Å². The zero-order chi connectivity index (χ0) is 14.3. The topological polar surface area (TPSA) is 87.1 Å². The first-order chi connectivity index (χ1) is 9.02. The van der Waals surface area contributed by atoms with Crippen molar-refractivity contribution in [2.45, 2.75) is 6.42 Å². The van der Waals surface area contributed by atoms with E-state index in [0.717, 1.165) is 5.56 Å². The highest BCUT2D eigenvalue weighted by molar-refractivity contribution is 5.83. The molecule has 0 saturated heterocycles. The SMILES string of the molecule is COCCN(CC(=O)O)C(=O)Cc1ccc(O)cc1. The Balaban J connectivity index is 2.64. The van der Waals surface area contributed by atoms with Gasteiger partial charge in [-0.25, -0.2) is 0 Å². The summed E-state index contributed by atoms with van der Waals surface area (Å²) in [5.41, 5.74) is 0.718. The molecule has 0 bridgehead atoms. The predicted molar refractivity (Wildman–Crippen MR) is 67.9 cm³/mol. The highest BCUT2D eigenvalue weighted by atomic mass is 16.5. The van der Waals surface area contributed by atoms with E-state index in [1.807, 2.05) is 0 Å². The molecule has 0 unspecified atom stereocenters. The summed E-state index contributed by atoms with van der Waals surface area (Å²) in [5.74, 6) is -1.22. The van der Waals surface area contributed by atoms with Crippen molar-refractivity contribution < 1.29 is 24.5 Å². The lowest BCUT2D eigenvalue weighted by molar-refractivity contribution is -0.144. The zero-order valence-electron chi connectivity index (χ0n) is 10.7. The Morgan fingerprint density at radius 1 is 1.26 bits per heavy atom. The van der Waals surface area contributed by atoms with Crippen LogP contribution in [-0.4, -0.2) is 53.8 Å². The molecular weight excluding hydrogens is 250 g/mol. The molecule has 0 atom stereocenters. The maximum atomic E-state index is 12.0. The Morgan fingerprint density at radius 2 is 1.89 bits per heavy atom. The van der Waals surface area contributed by atoms with Crippen LogP contribution in [0.25, 0.3) is 0 Å². The van der Waals surface area contributed by atoms with Gasteiger partial charge in [0.05, 0.1) is 13.0 Å². The van der Waals surface area contributed by atoms with Crippen LogP contribution in [0.3, 0.4) is 0 Å². The summed E-state index contributed by atoms with van der Waals surface area (Å²) in [7, 11) is 1.49. The van der Waals surface area contributed by atoms with Gasteiger partial charge in [0.15, 0.2) is 0 Å². The molecule has 0 spiro atoms. The summed E-state index contributed by atoms with van der Waals surface area (Å²) in [6.07, 6.45) is 0.0945. The van der Waals surface area contributed by atoms with Gasteiger partial charge in [0, 0.05) is 13.7 Å². The van der Waals surface area contributed by atoms with Gasteiger partial charge >= 0.3 is 5.97 Å². The molecule has 0 aromatic heterocycles. The number of hydrogen-bond donors (Lipinski definition) is 2. The summed E-state index contributed by atoms with van der Waals surface area (Å²) in [6, 6.07) is 6.23. The maximum Gasteiger partial charge on any atom is 0.323 e. The smallest absolute Gasteiger partial charge is 0.323 e. The average molecular weight is 267 g/mol. The van der Waals surface area contributed by atoms with E-state index < -0.39 is 5.97 Å². The highest BCUT2D eigenvalue weighted by Gasteiger charge is 2.16. The minimum absolute atomic E-state index is 0.0945. The molecule has 104 valence electrons. The van der Waals surface area contributed by atoms with Gasteiger partial charge in [0.1, 0.15) is 12.3 Å². The fraction of sp³-hybridized carbons (Fsp3) is 0.385. The first-order valence-corrected chi connectivity index (χ1v) is 5.79. The molecule has 0 saturated carbocycles. The Labute approximate surface area is 111 Å². The lowest BCUT2D eigenvalue weighted by Crippen LogP contribution is -2.38. The summed E-state index contributed by atoms with van der Waals surface area (Å²) >= 11 is 0. The van der Waals surface area contributed by atoms with Gasteiger partial charge in [-0.05, 0) is 17.7 Å². The van der Waals surface area contributed by atoms with Crippen molar-refractivity contribution in [1.82, 2.24) is 4.90 Å². The number of aliphatic carboxylic acids is 1. The van der Waals surface area contributed by atoms with E-state index in [9.17, 15) is 9.59 Å². The van der Waals surface area contributed by atoms with Crippen LogP contribution in [0.15, 0.2) is 24.3 Å². The molecular formula is C13H17NO5. The third-order valence-electron chi connectivity index (χ3n) is 2.54. The largest absolute Gasteiger partial charge is 0.508 e. The number of ether oxygens (including phenoxy) is 1. The first kappa shape index (κ1) is 15.0. The first-order valence-electron chi connectivity index (χ1n) is 5.79. The predicted octanol–water partition coefficient (Wildman–Crippen LogP) is 0.494. The number of carbonyl (C=O) groups excluding carboxylic acids is 1. The van der Waals surface area contributed by atoms with Crippen molar-refractivity contribution in [3.8, 4) is 5.75 Å². The van der Waals surface area contributed by atoms with Crippen LogP contribution < -0.4 is 0 Å². The number of phenolic OH excluding ortho intramolecular Hbond substituents is 1. The van der Waals surface area contributed by atoms with Crippen LogP contribution >= 0.6 is 0 Å². The van der Waals surface area contributed by atoms with Crippen LogP contribution in [0.1, 0.15) is 5.56 Å². The van der Waals surface area contributed by atoms with Crippen molar-refractivity contribution >= 4 is 11.9 Å². The molecule has 6 nitrogen and oxygen atoms in total. The van der Waals surface area contributed by atoms with Crippen LogP contribution in [-0.2, 0) is 20.7 Å². The second-order valence-corrected chi connectivity index (χ2v) is 4.05. The number of benzene rings is 1. The molecule has 1 aromatic rings. The Morgan fingerprint density at radius 3 is 2.42 bits per heavy atom. The number of carbonyl (C=O) groups is 2. The molecule has 1 aromatic carbocycles. The maximum absolute atomic E-state index is 12.0. The van der Waals surface area contributed by atoms with Crippen molar-refractivity contribution in [2.75, 3.05) is 26.8 Å². The van der Waals surface area contributed by atoms with E-state index in [0.29, 0.717) is 0 Å². The monoisotopic (exact) mass is 267 g/mol. The molecule has 1 rings (SSSR count). The normalized spacial score (nSPS) is 10.2. The molecule has 0 radical (unpaired) electrons. The lowest BCUT2D eigenvalue weighted by atomic mass is 10.1. The van der Waals surface area contributed by atoms with Gasteiger partial charge in [0.2, 0.25) is 5.91 Å². The third-order valence-corrected chi connectivity index (χ3v) is 2.54. The molecule has 2 N–H and O–H groups in total. The third kappa shape index (κ3) is 5.39. The average Bonchev–Trinajstić information content (AvgIpc) is 2.36. The molecule has 0 fully saturated rings. The Bertz CT molecular complexity index is 429. The number of phenols is 1. The molecule has 1 amide bonds. The standard InChI is InChI=1S/C13H17NO5/c1-19-7-6-14(9-13(17)18)12(16)8-10-2-4-11(15)5-3-10/h2-5,15H,6-9H2,1H3,(H,17,18). The van der Waals surface area contributed by atoms with Crippen molar-refractivity contribution in [3.63, 3.8) is 0 Å². The number of carboxylic acids is 1. The van der Waals surface area contributed by atoms with Gasteiger partial charge in [-0.1, -0.05) is 12.1 Å². The Hall–Kier alpha value is -2.08. The number of amides is 1. The second kappa shape index (κ2) is 7.38. The summed E-state index contributed by atoms with van der Waals surface area (Å²) < 4.78 is 4.85. The molecule has 19 heavy (non-hydrogen) atoms. The summed E-state index contributed by atoms with van der Waals surface area (Å²) in [6.45, 7) is 0.175. The number of hydrogen-bond acceptors (Lipinski definition) is 4. The van der Waals surface area contributed by atoms with E-state index in [-0.39, 0.29) is 37.8 Å². The molecule has 0 aliphatic carbocycles. The molecule has 0 aliphatic rings. The quantitative estimate of drug-likeness (QED) is 0.751. The van der Waals surface area contributed by atoms with Crippen LogP contribution in [0.4, 0.5) is 0 Å². The van der Waals surface area contributed by atoms with Crippen molar-refractivity contribution in [1.29, 1.82) is 0 Å². The highest BCUT2D eigenvalue weighted by Crippen LogP contribution is 2.11. The minimum atomic E-state index is -1.06. The van der Waals surface area contributed by atoms with Gasteiger partial charge < -0.3 is 19.8 Å². The number of nitrogens with zero attached hydrogens (tertiary/aromatic N) is 1. The minimum Gasteiger partial charge on any atom is -0.508 e. The molecule has 6 heteroatoms. The lowest BCUT2D eigenvalue weighted by Gasteiger charge is -2.20. The summed E-state index contributed by atoms with van der Waals surface area (Å²) in [5, 5.41) is 17.9. The van der Waals surface area contributed by atoms with Crippen molar-refractivity contribution in [2.24, 2.45) is 0 Å². The van der Waals surface area contributed by atoms with Crippen LogP contribution in [0, 0.1) is 0 Å². The molecule has 0 aliphatic heterocycles. The van der Waals surface area contributed by atoms with E-state index in [4.69, 9.17) is 14.9 Å². The fourth-order valence-electron chi connectivity index (χ4n) is 1.56. The van der Waals surface area contributed by atoms with Gasteiger partial charge in [-0.15, -0.1) is 0 Å². The zero-order valence-corrected chi connectivity index (χ0v) is 10.7. The Kier molecular flexibility index (Phi) is 5.81. The van der Waals surface area contributed by atoms with E-state index in [2.05, 4.69) is 0 Å². The van der Waals surface area contributed by atoms with Gasteiger partial charge in [-0.3, -0.25) is 9.59 Å². The summed E-state index contributed by atoms with van der Waals surface area (Å²) in [4.78, 5) is 23.9. The fourth-order valence-corrected chi connectivity index (χ4v) is 1.56. The second-order valence-electron chi connectivity index (χ2n) is 4.05. The number of rotatable bonds is 7. The van der Waals surface area contributed by atoms with Crippen LogP contribution in [0.2, 0.25) is 0 Å². The number of carboxylic acid groups (broad SMARTS) is 1. The van der Waals surface area contributed by atoms with E-state index >= 15 is 0 Å². The van der Waals surface area contributed by atoms with Gasteiger partial charge in [-0.2, -0.15) is 0 Å². The molecule has 0 heterocycles. The van der Waals surface area contributed by atoms with Crippen molar-refractivity contribution in [3.05, 3.63) is 29.8 Å². The van der Waals surface area contributed by atoms with Crippen LogP contribution in [0.5, 0.6) is 5.75 Å². The number of aromatic hydroxyl groups is 1. The number of methoxy groups -OCH3 is 1.